The Morgan fingerprint density at radius 2 is 2.14 bits per heavy atom. The number of para-hydroxylation sites is 1. The SMILES string of the molecule is CSc1nc(N)cc(Oc2c(C#N)oc3ccccc23)n1. The Morgan fingerprint density at radius 1 is 1.33 bits per heavy atom. The highest BCUT2D eigenvalue weighted by molar-refractivity contribution is 7.98. The third-order valence-corrected chi connectivity index (χ3v) is 3.29. The number of ether oxygens (including phenoxy) is 1. The number of hydrogen-bond donors (Lipinski definition) is 1. The molecular formula is C14H10N4O2S. The van der Waals surface area contributed by atoms with Gasteiger partial charge in [0.05, 0.1) is 5.39 Å². The Bertz CT molecular complexity index is 854. The van der Waals surface area contributed by atoms with Crippen LogP contribution in [0.5, 0.6) is 11.6 Å². The van der Waals surface area contributed by atoms with E-state index in [4.69, 9.17) is 20.1 Å². The van der Waals surface area contributed by atoms with Crippen LogP contribution in [0, 0.1) is 11.3 Å². The number of rotatable bonds is 3. The van der Waals surface area contributed by atoms with Gasteiger partial charge in [-0.25, -0.2) is 4.98 Å². The van der Waals surface area contributed by atoms with Crippen LogP contribution in [-0.2, 0) is 0 Å². The van der Waals surface area contributed by atoms with Gasteiger partial charge in [0.1, 0.15) is 17.5 Å². The van der Waals surface area contributed by atoms with Crippen molar-refractivity contribution >= 4 is 28.5 Å². The highest BCUT2D eigenvalue weighted by atomic mass is 32.2. The molecule has 104 valence electrons. The summed E-state index contributed by atoms with van der Waals surface area (Å²) in [5, 5.41) is 10.4. The lowest BCUT2D eigenvalue weighted by molar-refractivity contribution is 0.445. The average Bonchev–Trinajstić information content (AvgIpc) is 2.85. The molecule has 2 N–H and O–H groups in total. The first kappa shape index (κ1) is 13.3. The molecule has 3 aromatic rings. The van der Waals surface area contributed by atoms with E-state index in [1.54, 1.807) is 6.07 Å². The van der Waals surface area contributed by atoms with E-state index in [0.29, 0.717) is 27.7 Å². The summed E-state index contributed by atoms with van der Waals surface area (Å²) in [6, 6.07) is 10.7. The molecule has 0 aliphatic heterocycles. The molecule has 3 rings (SSSR count). The largest absolute Gasteiger partial charge is 0.442 e. The van der Waals surface area contributed by atoms with Gasteiger partial charge in [0.15, 0.2) is 10.9 Å². The highest BCUT2D eigenvalue weighted by Gasteiger charge is 2.17. The van der Waals surface area contributed by atoms with Gasteiger partial charge in [-0.3, -0.25) is 0 Å². The lowest BCUT2D eigenvalue weighted by Gasteiger charge is -2.05. The summed E-state index contributed by atoms with van der Waals surface area (Å²) in [4.78, 5) is 8.26. The molecule has 6 nitrogen and oxygen atoms in total. The van der Waals surface area contributed by atoms with Gasteiger partial charge in [-0.15, -0.1) is 0 Å². The summed E-state index contributed by atoms with van der Waals surface area (Å²) in [7, 11) is 0. The molecule has 0 aliphatic rings. The van der Waals surface area contributed by atoms with Crippen molar-refractivity contribution in [1.82, 2.24) is 9.97 Å². The third kappa shape index (κ3) is 2.49. The number of thioether (sulfide) groups is 1. The van der Waals surface area contributed by atoms with E-state index in [9.17, 15) is 0 Å². The van der Waals surface area contributed by atoms with E-state index in [2.05, 4.69) is 9.97 Å². The van der Waals surface area contributed by atoms with Gasteiger partial charge in [-0.2, -0.15) is 10.2 Å². The molecule has 0 aliphatic carbocycles. The maximum absolute atomic E-state index is 9.17. The van der Waals surface area contributed by atoms with Crippen molar-refractivity contribution < 1.29 is 9.15 Å². The van der Waals surface area contributed by atoms with Crippen molar-refractivity contribution in [3.05, 3.63) is 36.1 Å². The maximum Gasteiger partial charge on any atom is 0.247 e. The zero-order valence-corrected chi connectivity index (χ0v) is 11.8. The Morgan fingerprint density at radius 3 is 2.90 bits per heavy atom. The number of benzene rings is 1. The highest BCUT2D eigenvalue weighted by Crippen LogP contribution is 2.35. The van der Waals surface area contributed by atoms with Crippen molar-refractivity contribution in [2.45, 2.75) is 5.16 Å². The predicted octanol–water partition coefficient (Wildman–Crippen LogP) is 3.19. The molecule has 0 amide bonds. The van der Waals surface area contributed by atoms with Crippen LogP contribution in [0.2, 0.25) is 0 Å². The van der Waals surface area contributed by atoms with Gasteiger partial charge >= 0.3 is 0 Å². The first-order valence-corrected chi connectivity index (χ1v) is 7.22. The molecule has 0 saturated carbocycles. The van der Waals surface area contributed by atoms with Crippen molar-refractivity contribution in [3.63, 3.8) is 0 Å². The van der Waals surface area contributed by atoms with Gasteiger partial charge in [-0.05, 0) is 18.4 Å². The monoisotopic (exact) mass is 298 g/mol. The zero-order valence-electron chi connectivity index (χ0n) is 11.0. The minimum atomic E-state index is 0.0964. The van der Waals surface area contributed by atoms with Crippen LogP contribution in [0.25, 0.3) is 11.0 Å². The lowest BCUT2D eigenvalue weighted by atomic mass is 10.2. The average molecular weight is 298 g/mol. The van der Waals surface area contributed by atoms with Crippen molar-refractivity contribution in [2.24, 2.45) is 0 Å². The topological polar surface area (TPSA) is 98.0 Å². The van der Waals surface area contributed by atoms with Crippen molar-refractivity contribution in [1.29, 1.82) is 5.26 Å². The van der Waals surface area contributed by atoms with E-state index in [0.717, 1.165) is 0 Å². The van der Waals surface area contributed by atoms with Crippen LogP contribution in [0.1, 0.15) is 5.76 Å². The smallest absolute Gasteiger partial charge is 0.247 e. The molecule has 0 saturated heterocycles. The van der Waals surface area contributed by atoms with Gasteiger partial charge in [0.2, 0.25) is 11.6 Å². The molecule has 0 spiro atoms. The van der Waals surface area contributed by atoms with Gasteiger partial charge in [0.25, 0.3) is 0 Å². The van der Waals surface area contributed by atoms with Crippen LogP contribution in [0.15, 0.2) is 39.9 Å². The van der Waals surface area contributed by atoms with Gasteiger partial charge in [-0.1, -0.05) is 23.9 Å². The molecule has 2 heterocycles. The molecule has 21 heavy (non-hydrogen) atoms. The first-order chi connectivity index (χ1) is 10.2. The van der Waals surface area contributed by atoms with Crippen LogP contribution in [0.3, 0.4) is 0 Å². The second-order valence-electron chi connectivity index (χ2n) is 4.09. The molecule has 0 bridgehead atoms. The van der Waals surface area contributed by atoms with E-state index < -0.39 is 0 Å². The lowest BCUT2D eigenvalue weighted by Crippen LogP contribution is -1.97. The summed E-state index contributed by atoms with van der Waals surface area (Å²) in [5.41, 5.74) is 6.29. The molecule has 2 aromatic heterocycles. The molecular weight excluding hydrogens is 288 g/mol. The molecule has 7 heteroatoms. The number of furan rings is 1. The van der Waals surface area contributed by atoms with E-state index >= 15 is 0 Å². The minimum absolute atomic E-state index is 0.0964. The van der Waals surface area contributed by atoms with Gasteiger partial charge < -0.3 is 14.9 Å². The number of nitrogen functional groups attached to an aromatic ring is 1. The minimum Gasteiger partial charge on any atom is -0.442 e. The summed E-state index contributed by atoms with van der Waals surface area (Å²) in [6.45, 7) is 0. The molecule has 0 radical (unpaired) electrons. The fraction of sp³-hybridized carbons (Fsp3) is 0.0714. The summed E-state index contributed by atoms with van der Waals surface area (Å²) >= 11 is 1.35. The summed E-state index contributed by atoms with van der Waals surface area (Å²) in [5.74, 6) is 1.00. The van der Waals surface area contributed by atoms with E-state index in [1.165, 1.54) is 17.8 Å². The van der Waals surface area contributed by atoms with Crippen molar-refractivity contribution in [3.8, 4) is 17.7 Å². The first-order valence-electron chi connectivity index (χ1n) is 5.99. The Hall–Kier alpha value is -2.72. The van der Waals surface area contributed by atoms with E-state index in [-0.39, 0.29) is 11.6 Å². The number of nitriles is 1. The number of nitrogens with zero attached hydrogens (tertiary/aromatic N) is 3. The molecule has 0 atom stereocenters. The molecule has 1 aromatic carbocycles. The van der Waals surface area contributed by atoms with Crippen LogP contribution in [0.4, 0.5) is 5.82 Å². The second-order valence-corrected chi connectivity index (χ2v) is 4.86. The number of fused-ring (bicyclic) bond motifs is 1. The Labute approximate surface area is 124 Å². The van der Waals surface area contributed by atoms with Crippen LogP contribution < -0.4 is 10.5 Å². The van der Waals surface area contributed by atoms with Crippen molar-refractivity contribution in [2.75, 3.05) is 12.0 Å². The fourth-order valence-electron chi connectivity index (χ4n) is 1.87. The fourth-order valence-corrected chi connectivity index (χ4v) is 2.24. The Balaban J connectivity index is 2.09. The quantitative estimate of drug-likeness (QED) is 0.585. The zero-order chi connectivity index (χ0) is 14.8. The second kappa shape index (κ2) is 5.34. The third-order valence-electron chi connectivity index (χ3n) is 2.74. The number of hydrogen-bond acceptors (Lipinski definition) is 7. The normalized spacial score (nSPS) is 10.5. The standard InChI is InChI=1S/C14H10N4O2S/c1-21-14-17-11(16)6-12(18-14)20-13-8-4-2-3-5-9(8)19-10(13)7-15/h2-6H,1H3,(H2,16,17,18). The summed E-state index contributed by atoms with van der Waals surface area (Å²) in [6.07, 6.45) is 1.84. The van der Waals surface area contributed by atoms with Gasteiger partial charge in [0, 0.05) is 6.07 Å². The van der Waals surface area contributed by atoms with Crippen LogP contribution >= 0.6 is 11.8 Å². The molecule has 0 fully saturated rings. The summed E-state index contributed by atoms with van der Waals surface area (Å²) < 4.78 is 11.2. The Kier molecular flexibility index (Phi) is 3.38. The predicted molar refractivity (Wildman–Crippen MR) is 79.2 cm³/mol. The van der Waals surface area contributed by atoms with E-state index in [1.807, 2.05) is 30.5 Å². The number of aromatic nitrogens is 2. The maximum atomic E-state index is 9.17. The number of anilines is 1. The number of nitrogens with two attached hydrogens (primary N) is 1. The van der Waals surface area contributed by atoms with Crippen LogP contribution in [-0.4, -0.2) is 16.2 Å². The molecule has 0 unspecified atom stereocenters.